The molecular weight excluding hydrogens is 484 g/mol. The van der Waals surface area contributed by atoms with Crippen LogP contribution in [0.1, 0.15) is 49.7 Å². The van der Waals surface area contributed by atoms with Gasteiger partial charge in [0.2, 0.25) is 0 Å². The molecule has 1 saturated heterocycles. The number of anilines is 1. The van der Waals surface area contributed by atoms with Crippen molar-refractivity contribution in [1.82, 2.24) is 4.90 Å². The molecule has 204 valence electrons. The minimum atomic E-state index is 0.230. The minimum Gasteiger partial charge on any atom is -0.497 e. The van der Waals surface area contributed by atoms with Gasteiger partial charge >= 0.3 is 0 Å². The second kappa shape index (κ2) is 12.1. The topological polar surface area (TPSA) is 108 Å². The van der Waals surface area contributed by atoms with Gasteiger partial charge in [-0.25, -0.2) is 0 Å². The Labute approximate surface area is 224 Å². The van der Waals surface area contributed by atoms with Crippen LogP contribution >= 0.6 is 0 Å². The largest absolute Gasteiger partial charge is 0.497 e. The third-order valence-electron chi connectivity index (χ3n) is 7.70. The fourth-order valence-electron chi connectivity index (χ4n) is 5.14. The first-order valence-corrected chi connectivity index (χ1v) is 13.6. The van der Waals surface area contributed by atoms with E-state index >= 15 is 0 Å². The van der Waals surface area contributed by atoms with Crippen LogP contribution in [0.2, 0.25) is 0 Å². The highest BCUT2D eigenvalue weighted by Gasteiger charge is 2.32. The summed E-state index contributed by atoms with van der Waals surface area (Å²) in [7, 11) is 3.35. The first-order chi connectivity index (χ1) is 18.5. The summed E-state index contributed by atoms with van der Waals surface area (Å²) in [6.07, 6.45) is 8.63. The highest BCUT2D eigenvalue weighted by molar-refractivity contribution is 5.89. The fraction of sp³-hybridized carbons (Fsp3) is 0.552. The molecule has 3 fully saturated rings. The molecular formula is C29H38N4O5. The second-order valence-corrected chi connectivity index (χ2v) is 10.6. The van der Waals surface area contributed by atoms with Crippen LogP contribution in [0.25, 0.3) is 0 Å². The van der Waals surface area contributed by atoms with E-state index in [9.17, 15) is 4.91 Å². The summed E-state index contributed by atoms with van der Waals surface area (Å²) in [6, 6.07) is 9.56. The Kier molecular flexibility index (Phi) is 8.44. The van der Waals surface area contributed by atoms with Crippen molar-refractivity contribution in [2.24, 2.45) is 16.1 Å². The van der Waals surface area contributed by atoms with E-state index in [0.717, 1.165) is 62.4 Å². The van der Waals surface area contributed by atoms with E-state index in [1.54, 1.807) is 32.6 Å². The van der Waals surface area contributed by atoms with Gasteiger partial charge in [-0.1, -0.05) is 6.07 Å². The molecule has 0 bridgehead atoms. The number of aliphatic imine (C=N–C) groups is 1. The van der Waals surface area contributed by atoms with Crippen molar-refractivity contribution in [3.63, 3.8) is 0 Å². The van der Waals surface area contributed by atoms with E-state index in [0.29, 0.717) is 29.5 Å². The number of nitrogen functional groups attached to an aromatic ring is 1. The zero-order chi connectivity index (χ0) is 26.5. The maximum Gasteiger partial charge on any atom is 0.150 e. The number of nitrogens with zero attached hydrogens (tertiary/aromatic N) is 3. The van der Waals surface area contributed by atoms with Gasteiger partial charge in [-0.05, 0) is 61.8 Å². The first-order valence-electron chi connectivity index (χ1n) is 13.6. The quantitative estimate of drug-likeness (QED) is 0.235. The number of rotatable bonds is 12. The monoisotopic (exact) mass is 522 g/mol. The molecule has 2 aromatic carbocycles. The lowest BCUT2D eigenvalue weighted by Gasteiger charge is -2.42. The minimum absolute atomic E-state index is 0.230. The van der Waals surface area contributed by atoms with E-state index in [1.165, 1.54) is 12.8 Å². The van der Waals surface area contributed by atoms with Gasteiger partial charge in [0.25, 0.3) is 0 Å². The first kappa shape index (κ1) is 26.4. The number of benzene rings is 2. The molecule has 38 heavy (non-hydrogen) atoms. The van der Waals surface area contributed by atoms with Crippen LogP contribution in [-0.4, -0.2) is 63.3 Å². The lowest BCUT2D eigenvalue weighted by molar-refractivity contribution is -0.105. The van der Waals surface area contributed by atoms with Gasteiger partial charge in [0.15, 0.2) is 11.4 Å². The number of nitroso groups, excluding NO2 is 1. The van der Waals surface area contributed by atoms with Crippen molar-refractivity contribution in [2.45, 2.75) is 63.3 Å². The van der Waals surface area contributed by atoms with Gasteiger partial charge in [-0.2, -0.15) is 0 Å². The smallest absolute Gasteiger partial charge is 0.150 e. The van der Waals surface area contributed by atoms with Gasteiger partial charge in [-0.15, -0.1) is 4.91 Å². The molecule has 9 nitrogen and oxygen atoms in total. The fourth-order valence-corrected chi connectivity index (χ4v) is 5.14. The zero-order valence-electron chi connectivity index (χ0n) is 22.3. The lowest BCUT2D eigenvalue weighted by atomic mass is 9.93. The Morgan fingerprint density at radius 2 is 1.76 bits per heavy atom. The molecule has 1 aliphatic heterocycles. The summed E-state index contributed by atoms with van der Waals surface area (Å²) in [6.45, 7) is 3.31. The van der Waals surface area contributed by atoms with Gasteiger partial charge in [0.05, 0.1) is 39.1 Å². The summed E-state index contributed by atoms with van der Waals surface area (Å²) < 4.78 is 22.9. The van der Waals surface area contributed by atoms with E-state index < -0.39 is 0 Å². The van der Waals surface area contributed by atoms with E-state index in [2.05, 4.69) is 16.1 Å². The highest BCUT2D eigenvalue weighted by atomic mass is 16.5. The molecule has 2 aliphatic carbocycles. The molecule has 2 saturated carbocycles. The predicted molar refractivity (Wildman–Crippen MR) is 148 cm³/mol. The Bertz CT molecular complexity index is 1140. The van der Waals surface area contributed by atoms with E-state index in [1.807, 2.05) is 12.1 Å². The van der Waals surface area contributed by atoms with E-state index in [4.69, 9.17) is 29.7 Å². The molecule has 0 atom stereocenters. The average Bonchev–Trinajstić information content (AvgIpc) is 3.75. The van der Waals surface area contributed by atoms with Crippen LogP contribution in [0.4, 0.5) is 11.4 Å². The van der Waals surface area contributed by atoms with Crippen LogP contribution in [0.3, 0.4) is 0 Å². The van der Waals surface area contributed by atoms with Gasteiger partial charge in [0, 0.05) is 54.8 Å². The third kappa shape index (κ3) is 6.63. The number of likely N-dealkylation sites (tertiary alicyclic amines) is 1. The van der Waals surface area contributed by atoms with Crippen LogP contribution in [0, 0.1) is 10.8 Å². The second-order valence-electron chi connectivity index (χ2n) is 10.6. The summed E-state index contributed by atoms with van der Waals surface area (Å²) in [5, 5.41) is 3.14. The van der Waals surface area contributed by atoms with Crippen molar-refractivity contribution in [2.75, 3.05) is 39.6 Å². The molecule has 0 radical (unpaired) electrons. The van der Waals surface area contributed by atoms with Gasteiger partial charge in [-0.3, -0.25) is 9.89 Å². The number of ether oxygens (including phenoxy) is 4. The molecule has 0 unspecified atom stereocenters. The number of nitrogens with two attached hydrogens (primary N) is 1. The van der Waals surface area contributed by atoms with Crippen LogP contribution in [0.15, 0.2) is 40.5 Å². The third-order valence-corrected chi connectivity index (χ3v) is 7.70. The van der Waals surface area contributed by atoms with Crippen LogP contribution in [0.5, 0.6) is 17.2 Å². The van der Waals surface area contributed by atoms with Crippen molar-refractivity contribution >= 4 is 17.6 Å². The Morgan fingerprint density at radius 1 is 0.974 bits per heavy atom. The highest BCUT2D eigenvalue weighted by Crippen LogP contribution is 2.36. The predicted octanol–water partition coefficient (Wildman–Crippen LogP) is 5.10. The molecule has 2 aromatic rings. The molecule has 9 heteroatoms. The maximum absolute atomic E-state index is 11.3. The molecule has 0 spiro atoms. The Balaban J connectivity index is 1.05. The SMILES string of the molecule is COc1ccc(CN2CC(OC3CCC(N=Cc4cc(N=O)c(OCC5CC5)cc4N)CC3)C2)c(OC)c1. The van der Waals surface area contributed by atoms with Crippen LogP contribution in [-0.2, 0) is 11.3 Å². The Morgan fingerprint density at radius 3 is 2.45 bits per heavy atom. The van der Waals surface area contributed by atoms with Crippen molar-refractivity contribution in [1.29, 1.82) is 0 Å². The van der Waals surface area contributed by atoms with Crippen molar-refractivity contribution in [3.8, 4) is 17.2 Å². The van der Waals surface area contributed by atoms with Gasteiger partial charge < -0.3 is 24.7 Å². The summed E-state index contributed by atoms with van der Waals surface area (Å²) in [4.78, 5) is 18.5. The number of hydrogen-bond acceptors (Lipinski definition) is 9. The lowest BCUT2D eigenvalue weighted by Crippen LogP contribution is -2.52. The Hall–Kier alpha value is -3.17. The maximum atomic E-state index is 11.3. The molecule has 0 aromatic heterocycles. The van der Waals surface area contributed by atoms with Crippen molar-refractivity contribution < 1.29 is 18.9 Å². The number of methoxy groups -OCH3 is 2. The summed E-state index contributed by atoms with van der Waals surface area (Å²) in [5.41, 5.74) is 8.90. The van der Waals surface area contributed by atoms with Crippen LogP contribution < -0.4 is 19.9 Å². The van der Waals surface area contributed by atoms with E-state index in [-0.39, 0.29) is 23.9 Å². The molecule has 0 amide bonds. The average molecular weight is 523 g/mol. The van der Waals surface area contributed by atoms with Gasteiger partial charge in [0.1, 0.15) is 11.5 Å². The normalized spacial score (nSPS) is 22.3. The standard InChI is InChI=1S/C29H38N4O5/c1-35-24-8-5-20(28(12-24)36-2)15-33-16-25(17-33)38-23-9-6-22(7-10-23)31-14-21-11-27(32-34)29(13-26(21)30)37-18-19-3-4-19/h5,8,11-14,19,22-23,25H,3-4,6-7,9-10,15-18,30H2,1-2H3. The zero-order valence-corrected chi connectivity index (χ0v) is 22.3. The molecule has 3 aliphatic rings. The molecule has 2 N–H and O–H groups in total. The molecule has 1 heterocycles. The van der Waals surface area contributed by atoms with Crippen molar-refractivity contribution in [3.05, 3.63) is 46.4 Å². The molecule has 5 rings (SSSR count). The number of hydrogen-bond donors (Lipinski definition) is 1. The summed E-state index contributed by atoms with van der Waals surface area (Å²) in [5.74, 6) is 2.69. The summed E-state index contributed by atoms with van der Waals surface area (Å²) >= 11 is 0.